The summed E-state index contributed by atoms with van der Waals surface area (Å²) in [6.45, 7) is 0. The molecule has 0 saturated heterocycles. The third-order valence-corrected chi connectivity index (χ3v) is 7.29. The van der Waals surface area contributed by atoms with E-state index in [1.54, 1.807) is 9.80 Å². The van der Waals surface area contributed by atoms with Crippen LogP contribution in [0.2, 0.25) is 0 Å². The molecule has 0 atom stereocenters. The highest BCUT2D eigenvalue weighted by Crippen LogP contribution is 2.50. The fraction of sp³-hybridized carbons (Fsp3) is 0.0625. The van der Waals surface area contributed by atoms with Crippen molar-refractivity contribution in [3.05, 3.63) is 137 Å². The fourth-order valence-corrected chi connectivity index (χ4v) is 5.62. The summed E-state index contributed by atoms with van der Waals surface area (Å²) in [5.74, 6) is -1.96. The molecule has 0 radical (unpaired) electrons. The highest BCUT2D eigenvalue weighted by molar-refractivity contribution is 5.89. The minimum absolute atomic E-state index is 0.143. The van der Waals surface area contributed by atoms with Crippen LogP contribution in [0.4, 0.5) is 43.0 Å². The molecule has 0 spiro atoms. The average Bonchev–Trinajstić information content (AvgIpc) is 2.96. The van der Waals surface area contributed by atoms with Gasteiger partial charge in [-0.1, -0.05) is 72.8 Å². The molecule has 1 aromatic heterocycles. The Balaban J connectivity index is 1.54. The van der Waals surface area contributed by atoms with Crippen LogP contribution in [0, 0.1) is 23.1 Å². The Morgan fingerprint density at radius 1 is 0.605 bits per heavy atom. The van der Waals surface area contributed by atoms with Gasteiger partial charge in [0, 0.05) is 24.2 Å². The lowest BCUT2D eigenvalue weighted by molar-refractivity contribution is 0.559. The number of hydrogen-bond donors (Lipinski definition) is 0. The van der Waals surface area contributed by atoms with Crippen LogP contribution in [-0.2, 0) is 12.8 Å². The van der Waals surface area contributed by atoms with Crippen molar-refractivity contribution in [2.24, 2.45) is 0 Å². The van der Waals surface area contributed by atoms with Gasteiger partial charge in [-0.2, -0.15) is 14.6 Å². The predicted molar refractivity (Wildman–Crippen MR) is 144 cm³/mol. The van der Waals surface area contributed by atoms with E-state index >= 15 is 8.78 Å². The molecule has 4 nitrogen and oxygen atoms in total. The normalized spacial score (nSPS) is 13.2. The lowest BCUT2D eigenvalue weighted by Crippen LogP contribution is -2.25. The van der Waals surface area contributed by atoms with E-state index in [4.69, 9.17) is 0 Å². The van der Waals surface area contributed by atoms with Gasteiger partial charge >= 0.3 is 0 Å². The van der Waals surface area contributed by atoms with Crippen LogP contribution >= 0.6 is 0 Å². The minimum Gasteiger partial charge on any atom is -0.306 e. The molecule has 2 aliphatic heterocycles. The summed E-state index contributed by atoms with van der Waals surface area (Å²) in [5.41, 5.74) is 6.17. The van der Waals surface area contributed by atoms with Crippen LogP contribution in [0.15, 0.2) is 97.1 Å². The minimum atomic E-state index is -1.01. The summed E-state index contributed by atoms with van der Waals surface area (Å²) in [7, 11) is 0. The van der Waals surface area contributed by atoms with Crippen molar-refractivity contribution in [2.75, 3.05) is 9.80 Å². The number of aromatic nitrogens is 1. The number of hydrogen-bond acceptors (Lipinski definition) is 4. The molecule has 0 saturated carbocycles. The number of nitriles is 1. The van der Waals surface area contributed by atoms with E-state index in [1.807, 2.05) is 103 Å². The average molecular weight is 499 g/mol. The molecular formula is C32H20F2N4. The SMILES string of the molecule is N#Cc1c(F)nc(N2c3ccccc3Cc3ccccc32)c(F)c1N1c2ccccc2Cc2ccccc21. The molecule has 6 heteroatoms. The van der Waals surface area contributed by atoms with Crippen molar-refractivity contribution >= 4 is 34.3 Å². The van der Waals surface area contributed by atoms with Crippen molar-refractivity contribution < 1.29 is 8.78 Å². The molecule has 2 aliphatic rings. The number of para-hydroxylation sites is 4. The summed E-state index contributed by atoms with van der Waals surface area (Å²) in [6.07, 6.45) is 1.32. The Bertz CT molecular complexity index is 1700. The maximum absolute atomic E-state index is 17.0. The molecule has 0 fully saturated rings. The standard InChI is InChI=1S/C32H20F2N4/c33-29-30(37-25-13-5-1-9-20(25)17-21-10-2-6-14-26(21)37)24(19-35)31(34)36-32(29)38-27-15-7-3-11-22(27)18-23-12-4-8-16-28(23)38/h1-16H,17-18H2. The molecule has 4 aromatic carbocycles. The Morgan fingerprint density at radius 3 is 1.42 bits per heavy atom. The van der Waals surface area contributed by atoms with Crippen molar-refractivity contribution in [2.45, 2.75) is 12.8 Å². The van der Waals surface area contributed by atoms with Gasteiger partial charge in [0.05, 0.1) is 11.4 Å². The Morgan fingerprint density at radius 2 is 1.00 bits per heavy atom. The zero-order valence-corrected chi connectivity index (χ0v) is 20.2. The van der Waals surface area contributed by atoms with E-state index in [1.165, 1.54) is 0 Å². The number of benzene rings is 4. The van der Waals surface area contributed by atoms with Gasteiger partial charge in [-0.05, 0) is 46.5 Å². The van der Waals surface area contributed by atoms with E-state index in [2.05, 4.69) is 4.98 Å². The van der Waals surface area contributed by atoms with Gasteiger partial charge in [0.1, 0.15) is 17.3 Å². The first kappa shape index (κ1) is 22.2. The van der Waals surface area contributed by atoms with Crippen molar-refractivity contribution in [1.82, 2.24) is 4.98 Å². The fourth-order valence-electron chi connectivity index (χ4n) is 5.62. The summed E-state index contributed by atoms with van der Waals surface area (Å²) in [5, 5.41) is 10.0. The third-order valence-electron chi connectivity index (χ3n) is 7.29. The van der Waals surface area contributed by atoms with Crippen molar-refractivity contribution in [3.63, 3.8) is 0 Å². The molecule has 38 heavy (non-hydrogen) atoms. The van der Waals surface area contributed by atoms with Crippen LogP contribution in [0.25, 0.3) is 0 Å². The first-order valence-electron chi connectivity index (χ1n) is 12.4. The van der Waals surface area contributed by atoms with Gasteiger partial charge in [0.15, 0.2) is 11.6 Å². The number of rotatable bonds is 2. The number of anilines is 6. The number of halogens is 2. The van der Waals surface area contributed by atoms with Crippen LogP contribution in [0.5, 0.6) is 0 Å². The maximum Gasteiger partial charge on any atom is 0.235 e. The molecular weight excluding hydrogens is 478 g/mol. The third kappa shape index (κ3) is 3.22. The van der Waals surface area contributed by atoms with E-state index in [9.17, 15) is 5.26 Å². The summed E-state index contributed by atoms with van der Waals surface area (Å²) in [6, 6.07) is 32.5. The largest absolute Gasteiger partial charge is 0.306 e. The second-order valence-electron chi connectivity index (χ2n) is 9.41. The molecule has 182 valence electrons. The molecule has 5 aromatic rings. The molecule has 0 amide bonds. The van der Waals surface area contributed by atoms with Gasteiger partial charge in [-0.3, -0.25) is 4.90 Å². The second-order valence-corrected chi connectivity index (χ2v) is 9.41. The zero-order chi connectivity index (χ0) is 25.8. The van der Waals surface area contributed by atoms with Crippen LogP contribution in [0.3, 0.4) is 0 Å². The molecule has 0 unspecified atom stereocenters. The number of fused-ring (bicyclic) bond motifs is 4. The molecule has 7 rings (SSSR count). The highest BCUT2D eigenvalue weighted by atomic mass is 19.1. The van der Waals surface area contributed by atoms with E-state index in [-0.39, 0.29) is 11.5 Å². The van der Waals surface area contributed by atoms with E-state index in [0.717, 1.165) is 33.6 Å². The molecule has 0 N–H and O–H groups in total. The molecule has 0 aliphatic carbocycles. The quantitative estimate of drug-likeness (QED) is 0.227. The smallest absolute Gasteiger partial charge is 0.235 e. The van der Waals surface area contributed by atoms with Crippen molar-refractivity contribution in [3.8, 4) is 6.07 Å². The number of pyridine rings is 1. The van der Waals surface area contributed by atoms with Gasteiger partial charge < -0.3 is 4.90 Å². The Kier molecular flexibility index (Phi) is 4.98. The van der Waals surface area contributed by atoms with E-state index in [0.29, 0.717) is 24.2 Å². The maximum atomic E-state index is 17.0. The zero-order valence-electron chi connectivity index (χ0n) is 20.2. The first-order chi connectivity index (χ1) is 18.7. The lowest BCUT2D eigenvalue weighted by Gasteiger charge is -2.36. The van der Waals surface area contributed by atoms with Crippen LogP contribution < -0.4 is 9.80 Å². The predicted octanol–water partition coefficient (Wildman–Crippen LogP) is 7.98. The lowest BCUT2D eigenvalue weighted by atomic mass is 9.94. The van der Waals surface area contributed by atoms with Gasteiger partial charge in [0.2, 0.25) is 5.95 Å². The molecule has 3 heterocycles. The molecule has 0 bridgehead atoms. The summed E-state index contributed by atoms with van der Waals surface area (Å²) >= 11 is 0. The van der Waals surface area contributed by atoms with E-state index < -0.39 is 17.3 Å². The van der Waals surface area contributed by atoms with Gasteiger partial charge in [-0.25, -0.2) is 4.39 Å². The summed E-state index contributed by atoms with van der Waals surface area (Å²) < 4.78 is 32.7. The van der Waals surface area contributed by atoms with Crippen LogP contribution in [-0.4, -0.2) is 4.98 Å². The first-order valence-corrected chi connectivity index (χ1v) is 12.4. The highest BCUT2D eigenvalue weighted by Gasteiger charge is 2.35. The van der Waals surface area contributed by atoms with Crippen molar-refractivity contribution in [1.29, 1.82) is 5.26 Å². The van der Waals surface area contributed by atoms with Gasteiger partial charge in [0.25, 0.3) is 0 Å². The van der Waals surface area contributed by atoms with Crippen LogP contribution in [0.1, 0.15) is 27.8 Å². The summed E-state index contributed by atoms with van der Waals surface area (Å²) in [4.78, 5) is 7.40. The Hall–Kier alpha value is -5.02. The number of nitrogens with zero attached hydrogens (tertiary/aromatic N) is 4. The monoisotopic (exact) mass is 498 g/mol. The second kappa shape index (κ2) is 8.53. The topological polar surface area (TPSA) is 43.2 Å². The Labute approximate surface area is 218 Å². The van der Waals surface area contributed by atoms with Gasteiger partial charge in [-0.15, -0.1) is 0 Å².